The molecule has 0 heterocycles. The maximum Gasteiger partial charge on any atom is 0.335 e. The zero-order chi connectivity index (χ0) is 11.8. The van der Waals surface area contributed by atoms with E-state index in [4.69, 9.17) is 5.11 Å². The van der Waals surface area contributed by atoms with Crippen molar-refractivity contribution in [1.82, 2.24) is 0 Å². The van der Waals surface area contributed by atoms with Crippen molar-refractivity contribution >= 4 is 11.8 Å². The maximum atomic E-state index is 12.1. The summed E-state index contributed by atoms with van der Waals surface area (Å²) in [7, 11) is 0. The highest BCUT2D eigenvalue weighted by molar-refractivity contribution is 6.02. The third-order valence-electron chi connectivity index (χ3n) is 3.38. The molecule has 1 aromatic carbocycles. The second kappa shape index (κ2) is 3.74. The molecule has 0 radical (unpaired) electrons. The molecule has 0 aliphatic heterocycles. The number of carbonyl (C=O) groups is 2. The summed E-state index contributed by atoms with van der Waals surface area (Å²) in [6, 6.07) is 6.29. The van der Waals surface area contributed by atoms with Gasteiger partial charge in [-0.25, -0.2) is 4.79 Å². The van der Waals surface area contributed by atoms with Crippen LogP contribution in [0.25, 0.3) is 0 Å². The number of hydrogen-bond donors (Lipinski definition) is 1. The van der Waals surface area contributed by atoms with Crippen LogP contribution in [0.4, 0.5) is 0 Å². The van der Waals surface area contributed by atoms with E-state index < -0.39 is 5.97 Å². The van der Waals surface area contributed by atoms with Crippen LogP contribution in [0.2, 0.25) is 0 Å². The molecule has 1 saturated carbocycles. The molecule has 0 saturated heterocycles. The highest BCUT2D eigenvalue weighted by Gasteiger charge is 2.39. The second-order valence-corrected chi connectivity index (χ2v) is 4.63. The Kier molecular flexibility index (Phi) is 2.54. The minimum atomic E-state index is -0.992. The van der Waals surface area contributed by atoms with E-state index in [1.54, 1.807) is 12.1 Å². The SMILES string of the molecule is CC1(C(=O)c2cccc(C(=O)O)c2)CCC1. The van der Waals surface area contributed by atoms with Crippen molar-refractivity contribution in [3.8, 4) is 0 Å². The van der Waals surface area contributed by atoms with Crippen LogP contribution >= 0.6 is 0 Å². The van der Waals surface area contributed by atoms with E-state index in [1.807, 2.05) is 6.92 Å². The van der Waals surface area contributed by atoms with Crippen LogP contribution in [0.1, 0.15) is 46.9 Å². The Morgan fingerprint density at radius 2 is 1.88 bits per heavy atom. The number of carboxylic acid groups (broad SMARTS) is 1. The first kappa shape index (κ1) is 10.9. The lowest BCUT2D eigenvalue weighted by Crippen LogP contribution is -2.34. The van der Waals surface area contributed by atoms with Crippen LogP contribution in [0.5, 0.6) is 0 Å². The zero-order valence-corrected chi connectivity index (χ0v) is 9.19. The molecular formula is C13H14O3. The summed E-state index contributed by atoms with van der Waals surface area (Å²) in [5.74, 6) is -0.921. The van der Waals surface area contributed by atoms with Crippen molar-refractivity contribution in [2.75, 3.05) is 0 Å². The lowest BCUT2D eigenvalue weighted by Gasteiger charge is -2.36. The molecule has 0 aromatic heterocycles. The van der Waals surface area contributed by atoms with Gasteiger partial charge in [-0.3, -0.25) is 4.79 Å². The van der Waals surface area contributed by atoms with E-state index in [1.165, 1.54) is 12.1 Å². The molecule has 0 unspecified atom stereocenters. The van der Waals surface area contributed by atoms with Crippen LogP contribution in [-0.4, -0.2) is 16.9 Å². The lowest BCUT2D eigenvalue weighted by molar-refractivity contribution is 0.0664. The first-order valence-electron chi connectivity index (χ1n) is 5.41. The molecule has 1 N–H and O–H groups in total. The second-order valence-electron chi connectivity index (χ2n) is 4.63. The van der Waals surface area contributed by atoms with Gasteiger partial charge < -0.3 is 5.11 Å². The first-order chi connectivity index (χ1) is 7.53. The molecule has 3 nitrogen and oxygen atoms in total. The Hall–Kier alpha value is -1.64. The van der Waals surface area contributed by atoms with E-state index in [0.717, 1.165) is 19.3 Å². The zero-order valence-electron chi connectivity index (χ0n) is 9.19. The minimum Gasteiger partial charge on any atom is -0.478 e. The van der Waals surface area contributed by atoms with Gasteiger partial charge in [0.05, 0.1) is 5.56 Å². The molecule has 2 rings (SSSR count). The van der Waals surface area contributed by atoms with Gasteiger partial charge in [0, 0.05) is 11.0 Å². The van der Waals surface area contributed by atoms with Crippen LogP contribution in [-0.2, 0) is 0 Å². The van der Waals surface area contributed by atoms with Gasteiger partial charge in [0.2, 0.25) is 0 Å². The number of rotatable bonds is 3. The summed E-state index contributed by atoms with van der Waals surface area (Å²) in [5, 5.41) is 8.85. The Morgan fingerprint density at radius 1 is 1.25 bits per heavy atom. The van der Waals surface area contributed by atoms with Gasteiger partial charge in [-0.05, 0) is 25.0 Å². The third-order valence-corrected chi connectivity index (χ3v) is 3.38. The Bertz CT molecular complexity index is 444. The van der Waals surface area contributed by atoms with Crippen molar-refractivity contribution in [1.29, 1.82) is 0 Å². The quantitative estimate of drug-likeness (QED) is 0.793. The van der Waals surface area contributed by atoms with Gasteiger partial charge in [0.1, 0.15) is 0 Å². The summed E-state index contributed by atoms with van der Waals surface area (Å²) >= 11 is 0. The van der Waals surface area contributed by atoms with Gasteiger partial charge in [0.15, 0.2) is 5.78 Å². The molecule has 0 atom stereocenters. The fourth-order valence-electron chi connectivity index (χ4n) is 2.08. The number of benzene rings is 1. The molecule has 1 fully saturated rings. The fourth-order valence-corrected chi connectivity index (χ4v) is 2.08. The van der Waals surface area contributed by atoms with Crippen molar-refractivity contribution in [3.05, 3.63) is 35.4 Å². The normalized spacial score (nSPS) is 17.6. The highest BCUT2D eigenvalue weighted by Crippen LogP contribution is 2.42. The lowest BCUT2D eigenvalue weighted by atomic mass is 9.66. The van der Waals surface area contributed by atoms with Crippen molar-refractivity contribution in [3.63, 3.8) is 0 Å². The average Bonchev–Trinajstić information content (AvgIpc) is 2.25. The number of hydrogen-bond acceptors (Lipinski definition) is 2. The van der Waals surface area contributed by atoms with Crippen molar-refractivity contribution in [2.45, 2.75) is 26.2 Å². The van der Waals surface area contributed by atoms with Crippen LogP contribution in [0.3, 0.4) is 0 Å². The summed E-state index contributed by atoms with van der Waals surface area (Å²) in [6.45, 7) is 1.95. The third kappa shape index (κ3) is 1.73. The Labute approximate surface area is 94.1 Å². The smallest absolute Gasteiger partial charge is 0.335 e. The summed E-state index contributed by atoms with van der Waals surface area (Å²) in [4.78, 5) is 22.9. The van der Waals surface area contributed by atoms with Gasteiger partial charge in [-0.15, -0.1) is 0 Å². The van der Waals surface area contributed by atoms with E-state index >= 15 is 0 Å². The Morgan fingerprint density at radius 3 is 2.38 bits per heavy atom. The molecule has 0 spiro atoms. The van der Waals surface area contributed by atoms with Crippen LogP contribution < -0.4 is 0 Å². The van der Waals surface area contributed by atoms with Crippen molar-refractivity contribution < 1.29 is 14.7 Å². The molecule has 1 aromatic rings. The van der Waals surface area contributed by atoms with Gasteiger partial charge >= 0.3 is 5.97 Å². The number of carbonyl (C=O) groups excluding carboxylic acids is 1. The monoisotopic (exact) mass is 218 g/mol. The maximum absolute atomic E-state index is 12.1. The minimum absolute atomic E-state index is 0.0712. The standard InChI is InChI=1S/C13H14O3/c1-13(6-3-7-13)11(14)9-4-2-5-10(8-9)12(15)16/h2,4-5,8H,3,6-7H2,1H3,(H,15,16). The molecule has 0 bridgehead atoms. The number of aromatic carboxylic acids is 1. The molecule has 0 amide bonds. The largest absolute Gasteiger partial charge is 0.478 e. The van der Waals surface area contributed by atoms with Crippen LogP contribution in [0, 0.1) is 5.41 Å². The molecule has 3 heteroatoms. The van der Waals surface area contributed by atoms with Gasteiger partial charge in [0.25, 0.3) is 0 Å². The number of ketones is 1. The van der Waals surface area contributed by atoms with Gasteiger partial charge in [-0.1, -0.05) is 25.5 Å². The van der Waals surface area contributed by atoms with E-state index in [-0.39, 0.29) is 16.8 Å². The highest BCUT2D eigenvalue weighted by atomic mass is 16.4. The number of Topliss-reactive ketones (excluding diaryl/α,β-unsaturated/α-hetero) is 1. The molecular weight excluding hydrogens is 204 g/mol. The molecule has 84 valence electrons. The van der Waals surface area contributed by atoms with Gasteiger partial charge in [-0.2, -0.15) is 0 Å². The average molecular weight is 218 g/mol. The Balaban J connectivity index is 2.30. The summed E-state index contributed by atoms with van der Waals surface area (Å²) in [6.07, 6.45) is 2.90. The fraction of sp³-hybridized carbons (Fsp3) is 0.385. The summed E-state index contributed by atoms with van der Waals surface area (Å²) in [5.41, 5.74) is 0.424. The topological polar surface area (TPSA) is 54.4 Å². The van der Waals surface area contributed by atoms with Crippen LogP contribution in [0.15, 0.2) is 24.3 Å². The van der Waals surface area contributed by atoms with E-state index in [2.05, 4.69) is 0 Å². The van der Waals surface area contributed by atoms with E-state index in [0.29, 0.717) is 5.56 Å². The number of carboxylic acids is 1. The first-order valence-corrected chi connectivity index (χ1v) is 5.41. The van der Waals surface area contributed by atoms with E-state index in [9.17, 15) is 9.59 Å². The summed E-state index contributed by atoms with van der Waals surface area (Å²) < 4.78 is 0. The predicted molar refractivity (Wildman–Crippen MR) is 59.7 cm³/mol. The van der Waals surface area contributed by atoms with Crippen molar-refractivity contribution in [2.24, 2.45) is 5.41 Å². The molecule has 16 heavy (non-hydrogen) atoms. The predicted octanol–water partition coefficient (Wildman–Crippen LogP) is 2.76. The molecule has 1 aliphatic rings. The molecule has 1 aliphatic carbocycles.